The molecule has 1 N–H and O–H groups in total. The number of nitrogens with zero attached hydrogens (tertiary/aromatic N) is 1. The van der Waals surface area contributed by atoms with Crippen molar-refractivity contribution < 1.29 is 4.74 Å². The lowest BCUT2D eigenvalue weighted by molar-refractivity contribution is 0.00866. The minimum absolute atomic E-state index is 0.377. The highest BCUT2D eigenvalue weighted by atomic mass is 16.5. The van der Waals surface area contributed by atoms with Gasteiger partial charge in [0.15, 0.2) is 0 Å². The predicted molar refractivity (Wildman–Crippen MR) is 86.4 cm³/mol. The first-order valence-electron chi connectivity index (χ1n) is 8.00. The topological polar surface area (TPSA) is 34.1 Å². The molecular weight excluding hydrogens is 260 g/mol. The first-order valence-corrected chi connectivity index (χ1v) is 8.00. The zero-order valence-corrected chi connectivity index (χ0v) is 12.7. The summed E-state index contributed by atoms with van der Waals surface area (Å²) in [6, 6.07) is 11.1. The zero-order valence-electron chi connectivity index (χ0n) is 12.7. The van der Waals surface area contributed by atoms with Crippen LogP contribution in [0.5, 0.6) is 0 Å². The van der Waals surface area contributed by atoms with Crippen LogP contribution in [-0.4, -0.2) is 24.7 Å². The Morgan fingerprint density at radius 2 is 2.29 bits per heavy atom. The van der Waals surface area contributed by atoms with E-state index in [-0.39, 0.29) is 0 Å². The fourth-order valence-corrected chi connectivity index (χ4v) is 3.17. The van der Waals surface area contributed by atoms with Crippen molar-refractivity contribution in [2.75, 3.05) is 13.7 Å². The van der Waals surface area contributed by atoms with Gasteiger partial charge in [-0.3, -0.25) is 4.98 Å². The summed E-state index contributed by atoms with van der Waals surface area (Å²) < 4.78 is 5.84. The Labute approximate surface area is 126 Å². The van der Waals surface area contributed by atoms with Crippen LogP contribution in [0.4, 0.5) is 0 Å². The van der Waals surface area contributed by atoms with Crippen LogP contribution < -0.4 is 5.32 Å². The lowest BCUT2D eigenvalue weighted by Crippen LogP contribution is -2.23. The predicted octanol–water partition coefficient (Wildman–Crippen LogP) is 3.84. The molecule has 1 aliphatic rings. The van der Waals surface area contributed by atoms with E-state index in [2.05, 4.69) is 34.6 Å². The number of nitrogens with one attached hydrogen (secondary N) is 1. The molecule has 1 aliphatic heterocycles. The lowest BCUT2D eigenvalue weighted by atomic mass is 9.96. The highest BCUT2D eigenvalue weighted by Gasteiger charge is 2.17. The molecule has 2 atom stereocenters. The van der Waals surface area contributed by atoms with Gasteiger partial charge < -0.3 is 10.1 Å². The van der Waals surface area contributed by atoms with Crippen molar-refractivity contribution in [2.24, 2.45) is 0 Å². The molecule has 1 aromatic heterocycles. The maximum absolute atomic E-state index is 5.84. The highest BCUT2D eigenvalue weighted by molar-refractivity contribution is 5.78. The van der Waals surface area contributed by atoms with Gasteiger partial charge in [0.2, 0.25) is 0 Å². The number of hydrogen-bond acceptors (Lipinski definition) is 3. The average Bonchev–Trinajstić information content (AvgIpc) is 2.56. The van der Waals surface area contributed by atoms with Crippen molar-refractivity contribution in [3.63, 3.8) is 0 Å². The van der Waals surface area contributed by atoms with E-state index in [9.17, 15) is 0 Å². The second kappa shape index (κ2) is 7.01. The quantitative estimate of drug-likeness (QED) is 0.905. The van der Waals surface area contributed by atoms with Crippen LogP contribution in [0.2, 0.25) is 0 Å². The number of fused-ring (bicyclic) bond motifs is 1. The van der Waals surface area contributed by atoms with E-state index in [0.29, 0.717) is 12.1 Å². The van der Waals surface area contributed by atoms with E-state index in [1.165, 1.54) is 30.2 Å². The molecule has 0 saturated carbocycles. The van der Waals surface area contributed by atoms with Gasteiger partial charge in [-0.2, -0.15) is 0 Å². The molecule has 2 heterocycles. The number of aromatic nitrogens is 1. The normalized spacial score (nSPS) is 20.5. The van der Waals surface area contributed by atoms with Crippen molar-refractivity contribution in [3.05, 3.63) is 42.1 Å². The van der Waals surface area contributed by atoms with Crippen LogP contribution in [-0.2, 0) is 4.74 Å². The Morgan fingerprint density at radius 1 is 1.33 bits per heavy atom. The fraction of sp³-hybridized carbons (Fsp3) is 0.500. The van der Waals surface area contributed by atoms with Crippen LogP contribution in [0.15, 0.2) is 36.5 Å². The number of rotatable bonds is 5. The van der Waals surface area contributed by atoms with Crippen LogP contribution in [0.3, 0.4) is 0 Å². The van der Waals surface area contributed by atoms with E-state index in [1.807, 2.05) is 19.3 Å². The largest absolute Gasteiger partial charge is 0.378 e. The van der Waals surface area contributed by atoms with Gasteiger partial charge in [0.1, 0.15) is 0 Å². The molecule has 1 fully saturated rings. The van der Waals surface area contributed by atoms with Crippen molar-refractivity contribution in [1.82, 2.24) is 10.3 Å². The lowest BCUT2D eigenvalue weighted by Gasteiger charge is -2.25. The molecule has 0 amide bonds. The van der Waals surface area contributed by atoms with Gasteiger partial charge in [-0.15, -0.1) is 0 Å². The minimum Gasteiger partial charge on any atom is -0.378 e. The molecule has 0 radical (unpaired) electrons. The standard InChI is InChI=1S/C18H24N2O/c1-19-17(10-9-16-6-2-3-12-21-16)15-8-7-14-5-4-11-20-18(14)13-15/h4-5,7-8,11,13,16-17,19H,2-3,6,9-10,12H2,1H3. The molecule has 0 aliphatic carbocycles. The SMILES string of the molecule is CNC(CCC1CCCCO1)c1ccc2cccnc2c1. The van der Waals surface area contributed by atoms with Gasteiger partial charge in [-0.1, -0.05) is 18.2 Å². The van der Waals surface area contributed by atoms with E-state index < -0.39 is 0 Å². The minimum atomic E-state index is 0.377. The first-order chi connectivity index (χ1) is 10.4. The van der Waals surface area contributed by atoms with Gasteiger partial charge >= 0.3 is 0 Å². The molecule has 2 unspecified atom stereocenters. The van der Waals surface area contributed by atoms with Crippen molar-refractivity contribution >= 4 is 10.9 Å². The molecule has 2 aromatic rings. The third-order valence-corrected chi connectivity index (χ3v) is 4.43. The summed E-state index contributed by atoms with van der Waals surface area (Å²) in [5, 5.41) is 4.64. The summed E-state index contributed by atoms with van der Waals surface area (Å²) in [7, 11) is 2.04. The van der Waals surface area contributed by atoms with Gasteiger partial charge in [0.25, 0.3) is 0 Å². The van der Waals surface area contributed by atoms with E-state index in [4.69, 9.17) is 4.74 Å². The Morgan fingerprint density at radius 3 is 3.10 bits per heavy atom. The first kappa shape index (κ1) is 14.5. The molecule has 0 bridgehead atoms. The van der Waals surface area contributed by atoms with Gasteiger partial charge in [-0.05, 0) is 56.8 Å². The van der Waals surface area contributed by atoms with Gasteiger partial charge in [0.05, 0.1) is 11.6 Å². The maximum atomic E-state index is 5.84. The summed E-state index contributed by atoms with van der Waals surface area (Å²) in [6.07, 6.45) is 8.31. The van der Waals surface area contributed by atoms with Crippen molar-refractivity contribution in [2.45, 2.75) is 44.2 Å². The maximum Gasteiger partial charge on any atom is 0.0705 e. The van der Waals surface area contributed by atoms with Gasteiger partial charge in [0, 0.05) is 24.2 Å². The molecule has 1 saturated heterocycles. The summed E-state index contributed by atoms with van der Waals surface area (Å²) in [5.74, 6) is 0. The van der Waals surface area contributed by atoms with Crippen LogP contribution in [0.1, 0.15) is 43.7 Å². The van der Waals surface area contributed by atoms with Crippen LogP contribution >= 0.6 is 0 Å². The molecule has 21 heavy (non-hydrogen) atoms. The van der Waals surface area contributed by atoms with E-state index in [0.717, 1.165) is 25.0 Å². The smallest absolute Gasteiger partial charge is 0.0705 e. The summed E-state index contributed by atoms with van der Waals surface area (Å²) >= 11 is 0. The van der Waals surface area contributed by atoms with E-state index in [1.54, 1.807) is 0 Å². The van der Waals surface area contributed by atoms with Crippen LogP contribution in [0, 0.1) is 0 Å². The second-order valence-corrected chi connectivity index (χ2v) is 5.86. The second-order valence-electron chi connectivity index (χ2n) is 5.86. The summed E-state index contributed by atoms with van der Waals surface area (Å²) in [6.45, 7) is 0.939. The third kappa shape index (κ3) is 3.60. The Hall–Kier alpha value is -1.45. The Bertz CT molecular complexity index is 578. The number of pyridine rings is 1. The molecule has 1 aromatic carbocycles. The molecule has 112 valence electrons. The number of hydrogen-bond donors (Lipinski definition) is 1. The van der Waals surface area contributed by atoms with Gasteiger partial charge in [-0.25, -0.2) is 0 Å². The number of benzene rings is 1. The fourth-order valence-electron chi connectivity index (χ4n) is 3.17. The van der Waals surface area contributed by atoms with Crippen LogP contribution in [0.25, 0.3) is 10.9 Å². The van der Waals surface area contributed by atoms with Crippen molar-refractivity contribution in [1.29, 1.82) is 0 Å². The highest BCUT2D eigenvalue weighted by Crippen LogP contribution is 2.25. The molecule has 3 nitrogen and oxygen atoms in total. The molecule has 3 heteroatoms. The Kier molecular flexibility index (Phi) is 4.84. The summed E-state index contributed by atoms with van der Waals surface area (Å²) in [4.78, 5) is 4.46. The monoisotopic (exact) mass is 284 g/mol. The molecule has 0 spiro atoms. The Balaban J connectivity index is 1.68. The molecule has 3 rings (SSSR count). The number of ether oxygens (including phenoxy) is 1. The van der Waals surface area contributed by atoms with Crippen molar-refractivity contribution in [3.8, 4) is 0 Å². The average molecular weight is 284 g/mol. The van der Waals surface area contributed by atoms with E-state index >= 15 is 0 Å². The molecular formula is C18H24N2O. The zero-order chi connectivity index (χ0) is 14.5. The summed E-state index contributed by atoms with van der Waals surface area (Å²) in [5.41, 5.74) is 2.39. The third-order valence-electron chi connectivity index (χ3n) is 4.43.